The Bertz CT molecular complexity index is 783. The maximum absolute atomic E-state index is 12.0. The molecule has 124 valence electrons. The fourth-order valence-corrected chi connectivity index (χ4v) is 2.28. The minimum atomic E-state index is -0.822. The standard InChI is InChI=1S/C12H17N7O4/c1-18(2)5-13-12-14-10-9(11(22)15-12)16-17-19(10)8-3-6(21)7(4-20)23-8/h5-8,20-21H,3-4H2,1-2H3,(H,14,15,22). The van der Waals surface area contributed by atoms with E-state index in [9.17, 15) is 9.90 Å². The van der Waals surface area contributed by atoms with E-state index in [1.54, 1.807) is 19.0 Å². The molecule has 2 aromatic heterocycles. The van der Waals surface area contributed by atoms with E-state index in [-0.39, 0.29) is 30.1 Å². The first kappa shape index (κ1) is 15.5. The van der Waals surface area contributed by atoms with Gasteiger partial charge in [-0.15, -0.1) is 5.10 Å². The number of hydrogen-bond acceptors (Lipinski definition) is 8. The number of ether oxygens (including phenoxy) is 1. The molecule has 23 heavy (non-hydrogen) atoms. The summed E-state index contributed by atoms with van der Waals surface area (Å²) in [4.78, 5) is 24.5. The van der Waals surface area contributed by atoms with Crippen molar-refractivity contribution in [1.29, 1.82) is 0 Å². The van der Waals surface area contributed by atoms with Crippen LogP contribution in [0.4, 0.5) is 5.95 Å². The Balaban J connectivity index is 2.00. The molecule has 0 radical (unpaired) electrons. The van der Waals surface area contributed by atoms with Crippen molar-refractivity contribution in [2.75, 3.05) is 20.7 Å². The number of H-pyrrole nitrogens is 1. The quantitative estimate of drug-likeness (QED) is 0.450. The van der Waals surface area contributed by atoms with E-state index in [1.165, 1.54) is 11.0 Å². The summed E-state index contributed by atoms with van der Waals surface area (Å²) in [6.07, 6.45) is -0.471. The SMILES string of the molecule is CN(C)C=Nc1nc2c(nnn2C2CC(O)C(CO)O2)c(=O)[nH]1. The first-order valence-corrected chi connectivity index (χ1v) is 7.00. The van der Waals surface area contributed by atoms with Gasteiger partial charge in [0, 0.05) is 20.5 Å². The summed E-state index contributed by atoms with van der Waals surface area (Å²) in [5.41, 5.74) is -0.209. The third-order valence-electron chi connectivity index (χ3n) is 3.39. The fourth-order valence-electron chi connectivity index (χ4n) is 2.28. The molecule has 0 amide bonds. The number of nitrogens with zero attached hydrogens (tertiary/aromatic N) is 6. The van der Waals surface area contributed by atoms with Gasteiger partial charge in [-0.05, 0) is 0 Å². The van der Waals surface area contributed by atoms with Crippen LogP contribution < -0.4 is 5.56 Å². The Labute approximate surface area is 130 Å². The predicted molar refractivity (Wildman–Crippen MR) is 79.4 cm³/mol. The molecular weight excluding hydrogens is 306 g/mol. The molecule has 1 saturated heterocycles. The summed E-state index contributed by atoms with van der Waals surface area (Å²) in [6.45, 7) is -0.309. The number of aliphatic hydroxyl groups is 2. The number of nitrogens with one attached hydrogen (secondary N) is 1. The molecule has 3 atom stereocenters. The summed E-state index contributed by atoms with van der Waals surface area (Å²) in [7, 11) is 3.57. The van der Waals surface area contributed by atoms with Crippen molar-refractivity contribution in [3.8, 4) is 0 Å². The monoisotopic (exact) mass is 323 g/mol. The maximum atomic E-state index is 12.0. The van der Waals surface area contributed by atoms with Gasteiger partial charge >= 0.3 is 0 Å². The maximum Gasteiger partial charge on any atom is 0.282 e. The summed E-state index contributed by atoms with van der Waals surface area (Å²) in [5, 5.41) is 26.6. The average Bonchev–Trinajstić information content (AvgIpc) is 3.08. The number of fused-ring (bicyclic) bond motifs is 1. The zero-order valence-corrected chi connectivity index (χ0v) is 12.6. The molecule has 3 unspecified atom stereocenters. The molecule has 3 heterocycles. The summed E-state index contributed by atoms with van der Waals surface area (Å²) >= 11 is 0. The summed E-state index contributed by atoms with van der Waals surface area (Å²) < 4.78 is 6.83. The highest BCUT2D eigenvalue weighted by Crippen LogP contribution is 2.29. The van der Waals surface area contributed by atoms with Gasteiger partial charge in [-0.25, -0.2) is 4.99 Å². The summed E-state index contributed by atoms with van der Waals surface area (Å²) in [6, 6.07) is 0. The van der Waals surface area contributed by atoms with Crippen molar-refractivity contribution in [3.05, 3.63) is 10.4 Å². The lowest BCUT2D eigenvalue weighted by molar-refractivity contribution is -0.0476. The molecule has 1 aliphatic heterocycles. The molecule has 11 heteroatoms. The Kier molecular flexibility index (Phi) is 4.07. The van der Waals surface area contributed by atoms with Crippen LogP contribution in [0.5, 0.6) is 0 Å². The molecule has 3 rings (SSSR count). The van der Waals surface area contributed by atoms with Crippen LogP contribution in [0.3, 0.4) is 0 Å². The Morgan fingerprint density at radius 3 is 3.00 bits per heavy atom. The number of aliphatic hydroxyl groups excluding tert-OH is 2. The Hall–Kier alpha value is -2.37. The zero-order valence-electron chi connectivity index (χ0n) is 12.6. The largest absolute Gasteiger partial charge is 0.394 e. The van der Waals surface area contributed by atoms with Crippen molar-refractivity contribution < 1.29 is 14.9 Å². The Morgan fingerprint density at radius 2 is 2.35 bits per heavy atom. The molecule has 1 aliphatic rings. The minimum absolute atomic E-state index is 0.0549. The molecule has 11 nitrogen and oxygen atoms in total. The van der Waals surface area contributed by atoms with Gasteiger partial charge in [0.25, 0.3) is 5.56 Å². The molecule has 2 aromatic rings. The van der Waals surface area contributed by atoms with E-state index in [0.29, 0.717) is 0 Å². The molecule has 0 spiro atoms. The van der Waals surface area contributed by atoms with Crippen molar-refractivity contribution in [2.24, 2.45) is 4.99 Å². The van der Waals surface area contributed by atoms with Gasteiger partial charge in [0.15, 0.2) is 17.4 Å². The molecule has 3 N–H and O–H groups in total. The second-order valence-corrected chi connectivity index (χ2v) is 5.42. The predicted octanol–water partition coefficient (Wildman–Crippen LogP) is -1.62. The third kappa shape index (κ3) is 2.93. The third-order valence-corrected chi connectivity index (χ3v) is 3.39. The van der Waals surface area contributed by atoms with Crippen LogP contribution in [0.25, 0.3) is 11.2 Å². The number of aliphatic imine (C=N–C) groups is 1. The lowest BCUT2D eigenvalue weighted by atomic mass is 10.2. The van der Waals surface area contributed by atoms with Crippen LogP contribution in [0, 0.1) is 0 Å². The lowest BCUT2D eigenvalue weighted by Crippen LogP contribution is -2.24. The number of aromatic nitrogens is 5. The van der Waals surface area contributed by atoms with Crippen LogP contribution in [0.2, 0.25) is 0 Å². The smallest absolute Gasteiger partial charge is 0.282 e. The van der Waals surface area contributed by atoms with Crippen LogP contribution in [-0.4, -0.2) is 79.3 Å². The highest BCUT2D eigenvalue weighted by Gasteiger charge is 2.36. The van der Waals surface area contributed by atoms with E-state index >= 15 is 0 Å². The average molecular weight is 323 g/mol. The van der Waals surface area contributed by atoms with E-state index in [2.05, 4.69) is 25.3 Å². The van der Waals surface area contributed by atoms with E-state index in [4.69, 9.17) is 9.84 Å². The second kappa shape index (κ2) is 6.02. The molecule has 0 bridgehead atoms. The number of rotatable bonds is 4. The van der Waals surface area contributed by atoms with Crippen molar-refractivity contribution >= 4 is 23.5 Å². The molecule has 0 aliphatic carbocycles. The van der Waals surface area contributed by atoms with Gasteiger partial charge in [0.05, 0.1) is 19.0 Å². The highest BCUT2D eigenvalue weighted by molar-refractivity contribution is 5.70. The van der Waals surface area contributed by atoms with E-state index < -0.39 is 24.0 Å². The van der Waals surface area contributed by atoms with Crippen molar-refractivity contribution in [3.63, 3.8) is 0 Å². The van der Waals surface area contributed by atoms with Gasteiger partial charge in [0.1, 0.15) is 6.10 Å². The molecule has 0 aromatic carbocycles. The van der Waals surface area contributed by atoms with Crippen LogP contribution in [0.1, 0.15) is 12.6 Å². The summed E-state index contributed by atoms with van der Waals surface area (Å²) in [5.74, 6) is 0.108. The van der Waals surface area contributed by atoms with Crippen molar-refractivity contribution in [2.45, 2.75) is 24.9 Å². The van der Waals surface area contributed by atoms with Gasteiger partial charge in [-0.3, -0.25) is 9.78 Å². The normalized spacial score (nSPS) is 24.8. The molecular formula is C12H17N7O4. The number of aromatic amines is 1. The van der Waals surface area contributed by atoms with Gasteiger partial charge in [-0.2, -0.15) is 9.67 Å². The first-order valence-electron chi connectivity index (χ1n) is 7.00. The topological polar surface area (TPSA) is 142 Å². The minimum Gasteiger partial charge on any atom is -0.394 e. The van der Waals surface area contributed by atoms with Crippen molar-refractivity contribution in [1.82, 2.24) is 29.9 Å². The van der Waals surface area contributed by atoms with Gasteiger partial charge in [-0.1, -0.05) is 5.21 Å². The van der Waals surface area contributed by atoms with Crippen LogP contribution in [-0.2, 0) is 4.74 Å². The first-order chi connectivity index (χ1) is 11.0. The number of hydrogen-bond donors (Lipinski definition) is 3. The van der Waals surface area contributed by atoms with Gasteiger partial charge < -0.3 is 19.8 Å². The lowest BCUT2D eigenvalue weighted by Gasteiger charge is -2.11. The van der Waals surface area contributed by atoms with Crippen LogP contribution >= 0.6 is 0 Å². The Morgan fingerprint density at radius 1 is 1.57 bits per heavy atom. The zero-order chi connectivity index (χ0) is 16.6. The van der Waals surface area contributed by atoms with Crippen LogP contribution in [0.15, 0.2) is 9.79 Å². The molecule has 1 fully saturated rings. The molecule has 0 saturated carbocycles. The second-order valence-electron chi connectivity index (χ2n) is 5.42. The highest BCUT2D eigenvalue weighted by atomic mass is 16.5. The van der Waals surface area contributed by atoms with E-state index in [1.807, 2.05) is 0 Å². The van der Waals surface area contributed by atoms with E-state index in [0.717, 1.165) is 0 Å². The van der Waals surface area contributed by atoms with Gasteiger partial charge in [0.2, 0.25) is 5.95 Å². The fraction of sp³-hybridized carbons (Fsp3) is 0.583.